The molecule has 0 unspecified atom stereocenters. The summed E-state index contributed by atoms with van der Waals surface area (Å²) in [7, 11) is 0. The standard InChI is InChI=1S/C23H17N3O4/c27-23(14-17-7-3-6-16-5-1-2-10-21(16)17)25-24-15-20-11-12-22(30-20)18-8-4-9-19(13-18)26(28)29/h1-13,15H,14H2,(H,25,27). The number of nitro groups is 1. The molecular formula is C23H17N3O4. The molecule has 30 heavy (non-hydrogen) atoms. The minimum Gasteiger partial charge on any atom is -0.455 e. The maximum Gasteiger partial charge on any atom is 0.270 e. The van der Waals surface area contributed by atoms with E-state index in [0.717, 1.165) is 16.3 Å². The number of nitrogens with zero attached hydrogens (tertiary/aromatic N) is 2. The van der Waals surface area contributed by atoms with Crippen LogP contribution in [-0.4, -0.2) is 17.0 Å². The van der Waals surface area contributed by atoms with Crippen molar-refractivity contribution in [2.24, 2.45) is 5.10 Å². The van der Waals surface area contributed by atoms with E-state index < -0.39 is 4.92 Å². The molecule has 0 bridgehead atoms. The lowest BCUT2D eigenvalue weighted by Gasteiger charge is -2.05. The normalized spacial score (nSPS) is 11.1. The Morgan fingerprint density at radius 3 is 2.70 bits per heavy atom. The molecule has 4 rings (SSSR count). The van der Waals surface area contributed by atoms with Crippen molar-refractivity contribution in [2.75, 3.05) is 0 Å². The van der Waals surface area contributed by atoms with Gasteiger partial charge in [-0.1, -0.05) is 54.6 Å². The molecule has 4 aromatic rings. The molecule has 0 aliphatic carbocycles. The molecule has 0 saturated heterocycles. The Morgan fingerprint density at radius 1 is 1.03 bits per heavy atom. The molecule has 1 heterocycles. The molecule has 1 N–H and O–H groups in total. The van der Waals surface area contributed by atoms with Gasteiger partial charge in [-0.2, -0.15) is 5.10 Å². The molecule has 0 spiro atoms. The first-order chi connectivity index (χ1) is 14.6. The van der Waals surface area contributed by atoms with Crippen LogP contribution < -0.4 is 5.43 Å². The number of hydrogen-bond donors (Lipinski definition) is 1. The van der Waals surface area contributed by atoms with Crippen LogP contribution in [0.3, 0.4) is 0 Å². The van der Waals surface area contributed by atoms with Crippen molar-refractivity contribution in [3.63, 3.8) is 0 Å². The first-order valence-electron chi connectivity index (χ1n) is 9.23. The third-order valence-electron chi connectivity index (χ3n) is 4.58. The Labute approximate surface area is 171 Å². The number of non-ortho nitro benzene ring substituents is 1. The highest BCUT2D eigenvalue weighted by atomic mass is 16.6. The molecule has 1 aromatic heterocycles. The van der Waals surface area contributed by atoms with Crippen molar-refractivity contribution in [3.05, 3.63) is 100 Å². The van der Waals surface area contributed by atoms with Gasteiger partial charge in [0.25, 0.3) is 5.69 Å². The molecule has 0 saturated carbocycles. The zero-order valence-corrected chi connectivity index (χ0v) is 15.8. The van der Waals surface area contributed by atoms with Crippen LogP contribution >= 0.6 is 0 Å². The van der Waals surface area contributed by atoms with E-state index in [0.29, 0.717) is 17.1 Å². The van der Waals surface area contributed by atoms with Crippen LogP contribution in [-0.2, 0) is 11.2 Å². The highest BCUT2D eigenvalue weighted by Gasteiger charge is 2.10. The van der Waals surface area contributed by atoms with Gasteiger partial charge in [0, 0.05) is 17.7 Å². The fraction of sp³-hybridized carbons (Fsp3) is 0.0435. The number of carbonyl (C=O) groups is 1. The van der Waals surface area contributed by atoms with E-state index in [-0.39, 0.29) is 18.0 Å². The SMILES string of the molecule is O=C(Cc1cccc2ccccc12)NN=Cc1ccc(-c2cccc([N+](=O)[O-])c2)o1. The summed E-state index contributed by atoms with van der Waals surface area (Å²) >= 11 is 0. The zero-order chi connectivity index (χ0) is 20.9. The lowest BCUT2D eigenvalue weighted by atomic mass is 10.0. The number of furan rings is 1. The summed E-state index contributed by atoms with van der Waals surface area (Å²) in [5.41, 5.74) is 3.99. The number of carbonyl (C=O) groups excluding carboxylic acids is 1. The fourth-order valence-corrected chi connectivity index (χ4v) is 3.18. The second-order valence-corrected chi connectivity index (χ2v) is 6.62. The Bertz CT molecular complexity index is 1250. The molecule has 3 aromatic carbocycles. The van der Waals surface area contributed by atoms with Crippen LogP contribution in [0.25, 0.3) is 22.1 Å². The summed E-state index contributed by atoms with van der Waals surface area (Å²) in [6.45, 7) is 0. The number of hydrazone groups is 1. The van der Waals surface area contributed by atoms with Crippen LogP contribution in [0, 0.1) is 10.1 Å². The number of benzene rings is 3. The maximum atomic E-state index is 12.3. The van der Waals surface area contributed by atoms with Crippen molar-refractivity contribution < 1.29 is 14.1 Å². The van der Waals surface area contributed by atoms with Crippen molar-refractivity contribution in [1.29, 1.82) is 0 Å². The van der Waals surface area contributed by atoms with Crippen molar-refractivity contribution in [1.82, 2.24) is 5.43 Å². The summed E-state index contributed by atoms with van der Waals surface area (Å²) in [5, 5.41) is 17.0. The summed E-state index contributed by atoms with van der Waals surface area (Å²) in [5.74, 6) is 0.650. The average Bonchev–Trinajstić information content (AvgIpc) is 3.23. The number of nitro benzene ring substituents is 1. The molecule has 0 aliphatic rings. The predicted molar refractivity (Wildman–Crippen MR) is 114 cm³/mol. The smallest absolute Gasteiger partial charge is 0.270 e. The van der Waals surface area contributed by atoms with Gasteiger partial charge in [-0.25, -0.2) is 5.43 Å². The molecule has 148 valence electrons. The van der Waals surface area contributed by atoms with Gasteiger partial charge < -0.3 is 4.42 Å². The fourth-order valence-electron chi connectivity index (χ4n) is 3.18. The van der Waals surface area contributed by atoms with Crippen molar-refractivity contribution in [3.8, 4) is 11.3 Å². The minimum atomic E-state index is -0.458. The second-order valence-electron chi connectivity index (χ2n) is 6.62. The van der Waals surface area contributed by atoms with E-state index >= 15 is 0 Å². The molecule has 0 radical (unpaired) electrons. The first-order valence-corrected chi connectivity index (χ1v) is 9.23. The van der Waals surface area contributed by atoms with Crippen molar-refractivity contribution in [2.45, 2.75) is 6.42 Å². The quantitative estimate of drug-likeness (QED) is 0.289. The Morgan fingerprint density at radius 2 is 1.83 bits per heavy atom. The van der Waals surface area contributed by atoms with Gasteiger partial charge in [-0.05, 0) is 28.5 Å². The Kier molecular flexibility index (Phi) is 5.34. The molecule has 0 fully saturated rings. The van der Waals surface area contributed by atoms with Gasteiger partial charge in [0.2, 0.25) is 5.91 Å². The lowest BCUT2D eigenvalue weighted by Crippen LogP contribution is -2.19. The van der Waals surface area contributed by atoms with Gasteiger partial charge in [0.1, 0.15) is 11.5 Å². The molecule has 0 atom stereocenters. The van der Waals surface area contributed by atoms with E-state index in [9.17, 15) is 14.9 Å². The topological polar surface area (TPSA) is 97.7 Å². The van der Waals surface area contributed by atoms with Crippen LogP contribution in [0.5, 0.6) is 0 Å². The van der Waals surface area contributed by atoms with E-state index in [4.69, 9.17) is 4.42 Å². The predicted octanol–water partition coefficient (Wildman–Crippen LogP) is 4.70. The monoisotopic (exact) mass is 399 g/mol. The number of hydrogen-bond acceptors (Lipinski definition) is 5. The minimum absolute atomic E-state index is 0.0141. The van der Waals surface area contributed by atoms with E-state index in [1.807, 2.05) is 42.5 Å². The Balaban J connectivity index is 1.41. The number of nitrogens with one attached hydrogen (secondary N) is 1. The highest BCUT2D eigenvalue weighted by Crippen LogP contribution is 2.25. The van der Waals surface area contributed by atoms with Crippen LogP contribution in [0.2, 0.25) is 0 Å². The van der Waals surface area contributed by atoms with Gasteiger partial charge in [-0.15, -0.1) is 0 Å². The number of rotatable bonds is 6. The lowest BCUT2D eigenvalue weighted by molar-refractivity contribution is -0.384. The summed E-state index contributed by atoms with van der Waals surface area (Å²) in [6.07, 6.45) is 1.59. The van der Waals surface area contributed by atoms with Gasteiger partial charge >= 0.3 is 0 Å². The third-order valence-corrected chi connectivity index (χ3v) is 4.58. The molecule has 0 aliphatic heterocycles. The average molecular weight is 399 g/mol. The van der Waals surface area contributed by atoms with Gasteiger partial charge in [-0.3, -0.25) is 14.9 Å². The van der Waals surface area contributed by atoms with Crippen LogP contribution in [0.1, 0.15) is 11.3 Å². The van der Waals surface area contributed by atoms with E-state index in [1.54, 1.807) is 24.3 Å². The number of fused-ring (bicyclic) bond motifs is 1. The van der Waals surface area contributed by atoms with Crippen LogP contribution in [0.15, 0.2) is 88.4 Å². The summed E-state index contributed by atoms with van der Waals surface area (Å²) in [4.78, 5) is 22.7. The summed E-state index contributed by atoms with van der Waals surface area (Å²) in [6, 6.07) is 23.3. The van der Waals surface area contributed by atoms with Crippen LogP contribution in [0.4, 0.5) is 5.69 Å². The third kappa shape index (κ3) is 4.25. The summed E-state index contributed by atoms with van der Waals surface area (Å²) < 4.78 is 5.64. The molecule has 7 heteroatoms. The Hall–Kier alpha value is -4.26. The zero-order valence-electron chi connectivity index (χ0n) is 15.8. The maximum absolute atomic E-state index is 12.3. The number of amides is 1. The van der Waals surface area contributed by atoms with Gasteiger partial charge in [0.05, 0.1) is 17.6 Å². The van der Waals surface area contributed by atoms with Crippen molar-refractivity contribution >= 4 is 28.6 Å². The molecular weight excluding hydrogens is 382 g/mol. The second kappa shape index (κ2) is 8.40. The molecule has 1 amide bonds. The van der Waals surface area contributed by atoms with E-state index in [2.05, 4.69) is 10.5 Å². The highest BCUT2D eigenvalue weighted by molar-refractivity contribution is 5.90. The molecule has 7 nitrogen and oxygen atoms in total. The first kappa shape index (κ1) is 19.1. The largest absolute Gasteiger partial charge is 0.455 e. The van der Waals surface area contributed by atoms with E-state index in [1.165, 1.54) is 18.3 Å². The van der Waals surface area contributed by atoms with Gasteiger partial charge in [0.15, 0.2) is 0 Å².